The molecule has 0 radical (unpaired) electrons. The summed E-state index contributed by atoms with van der Waals surface area (Å²) in [5.41, 5.74) is 5.48. The summed E-state index contributed by atoms with van der Waals surface area (Å²) in [6.07, 6.45) is 2.43. The molecule has 0 aromatic heterocycles. The molecule has 1 unspecified atom stereocenters. The standard InChI is InChI=1S/C18H21BrN2/c1-13(15-6-3-9-17(19)11-15)21-12-16-7-2-5-14-8-4-10-20-18(14)16/h2-3,5-7,9,11,13,20-21H,4,8,10,12H2,1H3. The van der Waals surface area contributed by atoms with Gasteiger partial charge in [-0.3, -0.25) is 0 Å². The summed E-state index contributed by atoms with van der Waals surface area (Å²) >= 11 is 3.54. The number of fused-ring (bicyclic) bond motifs is 1. The molecule has 110 valence electrons. The number of para-hydroxylation sites is 1. The molecule has 0 bridgehead atoms. The number of anilines is 1. The number of nitrogens with one attached hydrogen (secondary N) is 2. The maximum absolute atomic E-state index is 3.63. The molecule has 0 saturated heterocycles. The molecule has 0 spiro atoms. The van der Waals surface area contributed by atoms with E-state index in [1.807, 2.05) is 0 Å². The molecule has 3 rings (SSSR count). The van der Waals surface area contributed by atoms with Crippen molar-refractivity contribution < 1.29 is 0 Å². The molecule has 1 heterocycles. The topological polar surface area (TPSA) is 24.1 Å². The Morgan fingerprint density at radius 3 is 2.95 bits per heavy atom. The van der Waals surface area contributed by atoms with Gasteiger partial charge in [0.15, 0.2) is 0 Å². The van der Waals surface area contributed by atoms with Crippen molar-refractivity contribution in [2.24, 2.45) is 0 Å². The third kappa shape index (κ3) is 3.47. The second-order valence-corrected chi connectivity index (χ2v) is 6.55. The molecule has 3 heteroatoms. The van der Waals surface area contributed by atoms with Crippen LogP contribution in [0.15, 0.2) is 46.9 Å². The van der Waals surface area contributed by atoms with Gasteiger partial charge < -0.3 is 10.6 Å². The normalized spacial score (nSPS) is 15.1. The van der Waals surface area contributed by atoms with Crippen LogP contribution in [0.25, 0.3) is 0 Å². The van der Waals surface area contributed by atoms with Crippen molar-refractivity contribution in [1.82, 2.24) is 5.32 Å². The first kappa shape index (κ1) is 14.6. The van der Waals surface area contributed by atoms with E-state index in [-0.39, 0.29) is 0 Å². The zero-order valence-electron chi connectivity index (χ0n) is 12.3. The van der Waals surface area contributed by atoms with Crippen LogP contribution in [0.5, 0.6) is 0 Å². The summed E-state index contributed by atoms with van der Waals surface area (Å²) in [7, 11) is 0. The highest BCUT2D eigenvalue weighted by Gasteiger charge is 2.13. The van der Waals surface area contributed by atoms with Crippen LogP contribution in [0.2, 0.25) is 0 Å². The molecule has 0 aliphatic carbocycles. The molecule has 2 aromatic carbocycles. The van der Waals surface area contributed by atoms with Gasteiger partial charge in [0.05, 0.1) is 0 Å². The molecular formula is C18H21BrN2. The van der Waals surface area contributed by atoms with Crippen molar-refractivity contribution >= 4 is 21.6 Å². The molecule has 2 aromatic rings. The van der Waals surface area contributed by atoms with Gasteiger partial charge in [-0.1, -0.05) is 46.3 Å². The zero-order chi connectivity index (χ0) is 14.7. The van der Waals surface area contributed by atoms with E-state index in [1.165, 1.54) is 35.2 Å². The minimum atomic E-state index is 0.335. The van der Waals surface area contributed by atoms with Gasteiger partial charge in [0.2, 0.25) is 0 Å². The third-order valence-electron chi connectivity index (χ3n) is 4.11. The average molecular weight is 345 g/mol. The second-order valence-electron chi connectivity index (χ2n) is 5.64. The van der Waals surface area contributed by atoms with Crippen LogP contribution in [0, 0.1) is 0 Å². The van der Waals surface area contributed by atoms with Gasteiger partial charge in [0, 0.05) is 29.3 Å². The fraction of sp³-hybridized carbons (Fsp3) is 0.333. The van der Waals surface area contributed by atoms with E-state index >= 15 is 0 Å². The monoisotopic (exact) mass is 344 g/mol. The first-order valence-corrected chi connectivity index (χ1v) is 8.37. The lowest BCUT2D eigenvalue weighted by atomic mass is 9.99. The minimum absolute atomic E-state index is 0.335. The number of rotatable bonds is 4. The molecule has 2 N–H and O–H groups in total. The van der Waals surface area contributed by atoms with Gasteiger partial charge in [-0.2, -0.15) is 0 Å². The maximum atomic E-state index is 3.63. The first-order chi connectivity index (χ1) is 10.2. The quantitative estimate of drug-likeness (QED) is 0.842. The minimum Gasteiger partial charge on any atom is -0.385 e. The largest absolute Gasteiger partial charge is 0.385 e. The molecule has 0 amide bonds. The summed E-state index contributed by atoms with van der Waals surface area (Å²) in [6, 6.07) is 15.5. The predicted octanol–water partition coefficient (Wildman–Crippen LogP) is 4.66. The predicted molar refractivity (Wildman–Crippen MR) is 92.6 cm³/mol. The highest BCUT2D eigenvalue weighted by Crippen LogP contribution is 2.26. The molecule has 2 nitrogen and oxygen atoms in total. The van der Waals surface area contributed by atoms with Crippen molar-refractivity contribution in [1.29, 1.82) is 0 Å². The number of halogens is 1. The smallest absolute Gasteiger partial charge is 0.0418 e. The molecule has 0 saturated carbocycles. The van der Waals surface area contributed by atoms with Crippen LogP contribution in [0.1, 0.15) is 36.1 Å². The van der Waals surface area contributed by atoms with E-state index in [1.54, 1.807) is 0 Å². The molecule has 21 heavy (non-hydrogen) atoms. The fourth-order valence-corrected chi connectivity index (χ4v) is 3.30. The Bertz CT molecular complexity index is 624. The molecule has 0 fully saturated rings. The summed E-state index contributed by atoms with van der Waals surface area (Å²) in [5, 5.41) is 7.19. The zero-order valence-corrected chi connectivity index (χ0v) is 13.9. The maximum Gasteiger partial charge on any atom is 0.0418 e. The molecule has 1 atom stereocenters. The Morgan fingerprint density at radius 2 is 2.10 bits per heavy atom. The Labute approximate surface area is 135 Å². The van der Waals surface area contributed by atoms with Crippen LogP contribution in [-0.2, 0) is 13.0 Å². The Balaban J connectivity index is 1.70. The van der Waals surface area contributed by atoms with Crippen LogP contribution in [0.4, 0.5) is 5.69 Å². The van der Waals surface area contributed by atoms with Crippen LogP contribution in [0.3, 0.4) is 0 Å². The molecule has 1 aliphatic heterocycles. The van der Waals surface area contributed by atoms with E-state index < -0.39 is 0 Å². The highest BCUT2D eigenvalue weighted by molar-refractivity contribution is 9.10. The van der Waals surface area contributed by atoms with Crippen molar-refractivity contribution in [3.8, 4) is 0 Å². The van der Waals surface area contributed by atoms with Crippen molar-refractivity contribution in [3.05, 3.63) is 63.6 Å². The van der Waals surface area contributed by atoms with Gasteiger partial charge in [0.1, 0.15) is 0 Å². The Hall–Kier alpha value is -1.32. The van der Waals surface area contributed by atoms with Gasteiger partial charge in [-0.05, 0) is 48.6 Å². The van der Waals surface area contributed by atoms with Gasteiger partial charge in [-0.25, -0.2) is 0 Å². The Kier molecular flexibility index (Phi) is 4.61. The SMILES string of the molecule is CC(NCc1cccc2c1NCCC2)c1cccc(Br)c1. The van der Waals surface area contributed by atoms with Crippen molar-refractivity contribution in [2.75, 3.05) is 11.9 Å². The van der Waals surface area contributed by atoms with Crippen molar-refractivity contribution in [2.45, 2.75) is 32.4 Å². The second kappa shape index (κ2) is 6.63. The summed E-state index contributed by atoms with van der Waals surface area (Å²) < 4.78 is 1.13. The van der Waals surface area contributed by atoms with E-state index in [0.717, 1.165) is 17.6 Å². The molecular weight excluding hydrogens is 324 g/mol. The average Bonchev–Trinajstić information content (AvgIpc) is 2.52. The van der Waals surface area contributed by atoms with Crippen LogP contribution >= 0.6 is 15.9 Å². The van der Waals surface area contributed by atoms with Crippen LogP contribution < -0.4 is 10.6 Å². The number of aryl methyl sites for hydroxylation is 1. The van der Waals surface area contributed by atoms with E-state index in [2.05, 4.69) is 76.0 Å². The van der Waals surface area contributed by atoms with Gasteiger partial charge in [0.25, 0.3) is 0 Å². The van der Waals surface area contributed by atoms with Gasteiger partial charge >= 0.3 is 0 Å². The first-order valence-electron chi connectivity index (χ1n) is 7.57. The number of hydrogen-bond donors (Lipinski definition) is 2. The van der Waals surface area contributed by atoms with Crippen LogP contribution in [-0.4, -0.2) is 6.54 Å². The highest BCUT2D eigenvalue weighted by atomic mass is 79.9. The Morgan fingerprint density at radius 1 is 1.24 bits per heavy atom. The summed E-state index contributed by atoms with van der Waals surface area (Å²) in [4.78, 5) is 0. The van der Waals surface area contributed by atoms with E-state index in [9.17, 15) is 0 Å². The van der Waals surface area contributed by atoms with Gasteiger partial charge in [-0.15, -0.1) is 0 Å². The fourth-order valence-electron chi connectivity index (χ4n) is 2.89. The summed E-state index contributed by atoms with van der Waals surface area (Å²) in [5.74, 6) is 0. The van der Waals surface area contributed by atoms with E-state index in [4.69, 9.17) is 0 Å². The molecule has 1 aliphatic rings. The summed E-state index contributed by atoms with van der Waals surface area (Å²) in [6.45, 7) is 4.19. The van der Waals surface area contributed by atoms with Crippen molar-refractivity contribution in [3.63, 3.8) is 0 Å². The van der Waals surface area contributed by atoms with E-state index in [0.29, 0.717) is 6.04 Å². The lowest BCUT2D eigenvalue weighted by Gasteiger charge is -2.22. The number of benzene rings is 2. The lowest BCUT2D eigenvalue weighted by Crippen LogP contribution is -2.21. The third-order valence-corrected chi connectivity index (χ3v) is 4.60. The lowest BCUT2D eigenvalue weighted by molar-refractivity contribution is 0.574. The number of hydrogen-bond acceptors (Lipinski definition) is 2.